The van der Waals surface area contributed by atoms with Crippen LogP contribution in [0.25, 0.3) is 6.08 Å². The Bertz CT molecular complexity index is 870. The Labute approximate surface area is 165 Å². The number of fused-ring (bicyclic) bond motifs is 1. The molecule has 0 aliphatic carbocycles. The fourth-order valence-electron chi connectivity index (χ4n) is 2.58. The van der Waals surface area contributed by atoms with Gasteiger partial charge in [-0.3, -0.25) is 10.2 Å². The fourth-order valence-corrected chi connectivity index (χ4v) is 4.15. The third-order valence-electron chi connectivity index (χ3n) is 3.77. The number of carbonyl (C=O) groups is 1. The molecular formula is C17H18N4O4S2. The van der Waals surface area contributed by atoms with Crippen molar-refractivity contribution < 1.29 is 19.0 Å². The van der Waals surface area contributed by atoms with Gasteiger partial charge >= 0.3 is 0 Å². The molecule has 0 saturated heterocycles. The highest BCUT2D eigenvalue weighted by Crippen LogP contribution is 2.39. The van der Waals surface area contributed by atoms with Gasteiger partial charge in [0.05, 0.1) is 38.9 Å². The number of aliphatic imine (C=N–C) groups is 1. The summed E-state index contributed by atoms with van der Waals surface area (Å²) in [6.07, 6.45) is 1.59. The Morgan fingerprint density at radius 1 is 1.22 bits per heavy atom. The number of ether oxygens (including phenoxy) is 3. The Balaban J connectivity index is 2.03. The molecule has 0 aromatic heterocycles. The third-order valence-corrected chi connectivity index (χ3v) is 5.40. The van der Waals surface area contributed by atoms with Crippen LogP contribution in [0.1, 0.15) is 12.5 Å². The molecule has 27 heavy (non-hydrogen) atoms. The van der Waals surface area contributed by atoms with Crippen molar-refractivity contribution in [3.05, 3.63) is 23.3 Å². The maximum Gasteiger partial charge on any atom is 0.283 e. The van der Waals surface area contributed by atoms with Crippen LogP contribution in [0.5, 0.6) is 17.2 Å². The van der Waals surface area contributed by atoms with E-state index >= 15 is 0 Å². The van der Waals surface area contributed by atoms with Crippen molar-refractivity contribution in [3.8, 4) is 17.2 Å². The number of thioether (sulfide) groups is 1. The maximum atomic E-state index is 12.5. The Kier molecular flexibility index (Phi) is 5.76. The first-order valence-electron chi connectivity index (χ1n) is 7.95. The minimum Gasteiger partial charge on any atom is -0.493 e. The smallest absolute Gasteiger partial charge is 0.283 e. The highest BCUT2D eigenvalue weighted by atomic mass is 32.2. The molecular weight excluding hydrogens is 388 g/mol. The summed E-state index contributed by atoms with van der Waals surface area (Å²) in [4.78, 5) is 18.1. The number of carbonyl (C=O) groups excluding carboxylic acids is 1. The van der Waals surface area contributed by atoms with Gasteiger partial charge in [0, 0.05) is 0 Å². The first kappa shape index (κ1) is 19.3. The fraction of sp³-hybridized carbons (Fsp3) is 0.294. The highest BCUT2D eigenvalue weighted by Gasteiger charge is 2.37. The maximum absolute atomic E-state index is 12.5. The molecule has 2 aliphatic rings. The largest absolute Gasteiger partial charge is 0.493 e. The SMILES string of the molecule is CCSC1=NSC2=NC(=O)/C(=C\c3cc(OC)c(OC)c(OC)c3)C(=N)N12. The standard InChI is InChI=1S/C17H18N4O4S2/c1-5-26-17-20-27-16-19-15(22)10(14(18)21(16)17)6-9-7-11(23-2)13(25-4)12(8-9)24-3/h6-8,18H,5H2,1-4H3/b10-6-,18-14?. The quantitative estimate of drug-likeness (QED) is 0.593. The molecule has 8 nitrogen and oxygen atoms in total. The second kappa shape index (κ2) is 8.05. The number of benzene rings is 1. The topological polar surface area (TPSA) is 96.6 Å². The molecule has 0 fully saturated rings. The summed E-state index contributed by atoms with van der Waals surface area (Å²) >= 11 is 2.60. The summed E-state index contributed by atoms with van der Waals surface area (Å²) in [5.41, 5.74) is 0.796. The summed E-state index contributed by atoms with van der Waals surface area (Å²) in [5, 5.41) is 9.55. The van der Waals surface area contributed by atoms with Crippen LogP contribution in [0.3, 0.4) is 0 Å². The molecule has 2 heterocycles. The lowest BCUT2D eigenvalue weighted by atomic mass is 10.1. The van der Waals surface area contributed by atoms with Gasteiger partial charge in [-0.1, -0.05) is 18.7 Å². The lowest BCUT2D eigenvalue weighted by molar-refractivity contribution is -0.114. The van der Waals surface area contributed by atoms with Gasteiger partial charge in [0.15, 0.2) is 16.7 Å². The predicted molar refractivity (Wildman–Crippen MR) is 109 cm³/mol. The first-order valence-corrected chi connectivity index (χ1v) is 9.71. The molecule has 3 rings (SSSR count). The predicted octanol–water partition coefficient (Wildman–Crippen LogP) is 3.04. The normalized spacial score (nSPS) is 17.6. The van der Waals surface area contributed by atoms with Crippen LogP contribution in [-0.4, -0.2) is 54.1 Å². The Morgan fingerprint density at radius 3 is 2.44 bits per heavy atom. The van der Waals surface area contributed by atoms with E-state index in [4.69, 9.17) is 19.6 Å². The van der Waals surface area contributed by atoms with E-state index in [1.807, 2.05) is 6.92 Å². The zero-order valence-corrected chi connectivity index (χ0v) is 16.9. The highest BCUT2D eigenvalue weighted by molar-refractivity contribution is 8.19. The van der Waals surface area contributed by atoms with E-state index < -0.39 is 5.91 Å². The number of nitrogens with one attached hydrogen (secondary N) is 1. The van der Waals surface area contributed by atoms with Crippen LogP contribution in [0.4, 0.5) is 0 Å². The molecule has 0 spiro atoms. The number of hydrogen-bond donors (Lipinski definition) is 1. The number of methoxy groups -OCH3 is 3. The van der Waals surface area contributed by atoms with E-state index in [2.05, 4.69) is 9.39 Å². The van der Waals surface area contributed by atoms with Crippen molar-refractivity contribution in [2.45, 2.75) is 6.92 Å². The number of rotatable bonds is 5. The Hall–Kier alpha value is -2.46. The van der Waals surface area contributed by atoms with Gasteiger partial charge in [-0.25, -0.2) is 4.90 Å². The van der Waals surface area contributed by atoms with Gasteiger partial charge in [0.2, 0.25) is 10.9 Å². The molecule has 1 amide bonds. The van der Waals surface area contributed by atoms with E-state index in [0.29, 0.717) is 33.1 Å². The zero-order valence-electron chi connectivity index (χ0n) is 15.2. The third kappa shape index (κ3) is 3.54. The molecule has 10 heteroatoms. The molecule has 0 saturated carbocycles. The number of nitrogens with zero attached hydrogens (tertiary/aromatic N) is 3. The van der Waals surface area contributed by atoms with Crippen LogP contribution in [0.2, 0.25) is 0 Å². The van der Waals surface area contributed by atoms with Crippen molar-refractivity contribution >= 4 is 51.9 Å². The molecule has 1 aromatic rings. The molecule has 0 bridgehead atoms. The van der Waals surface area contributed by atoms with Crippen LogP contribution < -0.4 is 14.2 Å². The van der Waals surface area contributed by atoms with Crippen molar-refractivity contribution in [3.63, 3.8) is 0 Å². The second-order valence-electron chi connectivity index (χ2n) is 5.30. The summed E-state index contributed by atoms with van der Waals surface area (Å²) < 4.78 is 20.3. The van der Waals surface area contributed by atoms with Gasteiger partial charge in [0.25, 0.3) is 5.91 Å². The molecule has 1 N–H and O–H groups in total. The van der Waals surface area contributed by atoms with Crippen LogP contribution >= 0.6 is 23.7 Å². The molecule has 2 aliphatic heterocycles. The van der Waals surface area contributed by atoms with Crippen LogP contribution in [-0.2, 0) is 4.79 Å². The van der Waals surface area contributed by atoms with Crippen LogP contribution in [0, 0.1) is 5.41 Å². The van der Waals surface area contributed by atoms with E-state index in [1.165, 1.54) is 33.1 Å². The number of hydrogen-bond acceptors (Lipinski definition) is 8. The van der Waals surface area contributed by atoms with E-state index in [1.54, 1.807) is 23.1 Å². The lowest BCUT2D eigenvalue weighted by Crippen LogP contribution is -2.41. The minimum atomic E-state index is -0.481. The minimum absolute atomic E-state index is 0.0449. The van der Waals surface area contributed by atoms with E-state index in [9.17, 15) is 4.79 Å². The van der Waals surface area contributed by atoms with E-state index in [-0.39, 0.29) is 11.4 Å². The van der Waals surface area contributed by atoms with Gasteiger partial charge in [-0.2, -0.15) is 9.39 Å². The number of amidine groups is 3. The van der Waals surface area contributed by atoms with Crippen molar-refractivity contribution in [2.75, 3.05) is 27.1 Å². The molecule has 0 unspecified atom stereocenters. The van der Waals surface area contributed by atoms with Gasteiger partial charge in [-0.15, -0.1) is 0 Å². The van der Waals surface area contributed by atoms with Gasteiger partial charge < -0.3 is 14.2 Å². The van der Waals surface area contributed by atoms with Gasteiger partial charge in [-0.05, 0) is 29.5 Å². The lowest BCUT2D eigenvalue weighted by Gasteiger charge is -2.24. The molecule has 0 atom stereocenters. The number of amides is 1. The zero-order chi connectivity index (χ0) is 19.6. The van der Waals surface area contributed by atoms with Crippen LogP contribution in [0.15, 0.2) is 27.1 Å². The summed E-state index contributed by atoms with van der Waals surface area (Å²) in [7, 11) is 4.56. The second-order valence-corrected chi connectivity index (χ2v) is 7.26. The van der Waals surface area contributed by atoms with Crippen molar-refractivity contribution in [1.29, 1.82) is 5.41 Å². The summed E-state index contributed by atoms with van der Waals surface area (Å²) in [5.74, 6) is 1.74. The molecule has 0 radical (unpaired) electrons. The van der Waals surface area contributed by atoms with Crippen molar-refractivity contribution in [1.82, 2.24) is 4.90 Å². The average molecular weight is 406 g/mol. The molecule has 1 aromatic carbocycles. The Morgan fingerprint density at radius 2 is 1.89 bits per heavy atom. The summed E-state index contributed by atoms with van der Waals surface area (Å²) in [6, 6.07) is 3.42. The average Bonchev–Trinajstić information content (AvgIpc) is 3.07. The van der Waals surface area contributed by atoms with E-state index in [0.717, 1.165) is 17.7 Å². The first-order chi connectivity index (χ1) is 13.0. The molecule has 142 valence electrons. The van der Waals surface area contributed by atoms with Gasteiger partial charge in [0.1, 0.15) is 5.84 Å². The monoisotopic (exact) mass is 406 g/mol. The summed E-state index contributed by atoms with van der Waals surface area (Å²) in [6.45, 7) is 2.00. The van der Waals surface area contributed by atoms with Crippen molar-refractivity contribution in [2.24, 2.45) is 9.39 Å².